The fraction of sp³-hybridized carbons (Fsp3) is 0.235. The lowest BCUT2D eigenvalue weighted by Crippen LogP contribution is -2.31. The van der Waals surface area contributed by atoms with E-state index in [4.69, 9.17) is 11.6 Å². The van der Waals surface area contributed by atoms with Gasteiger partial charge in [-0.15, -0.1) is 0 Å². The summed E-state index contributed by atoms with van der Waals surface area (Å²) in [6, 6.07) is 9.31. The van der Waals surface area contributed by atoms with Crippen molar-refractivity contribution in [3.05, 3.63) is 53.3 Å². The van der Waals surface area contributed by atoms with Gasteiger partial charge in [0.15, 0.2) is 0 Å². The van der Waals surface area contributed by atoms with E-state index in [1.54, 1.807) is 0 Å². The molecule has 0 unspecified atom stereocenters. The number of halogens is 2. The van der Waals surface area contributed by atoms with Gasteiger partial charge in [0.05, 0.1) is 16.3 Å². The highest BCUT2D eigenvalue weighted by molar-refractivity contribution is 7.92. The molecule has 1 fully saturated rings. The van der Waals surface area contributed by atoms with Crippen LogP contribution in [-0.4, -0.2) is 20.4 Å². The Kier molecular flexibility index (Phi) is 4.71. The summed E-state index contributed by atoms with van der Waals surface area (Å²) in [6.07, 6.45) is 1.67. The maximum Gasteiger partial charge on any atom is 0.261 e. The smallest absolute Gasteiger partial charge is 0.261 e. The Morgan fingerprint density at radius 2 is 1.84 bits per heavy atom. The van der Waals surface area contributed by atoms with Crippen molar-refractivity contribution in [2.45, 2.75) is 30.7 Å². The maximum absolute atomic E-state index is 13.7. The molecule has 0 aromatic heterocycles. The summed E-state index contributed by atoms with van der Waals surface area (Å²) in [5.41, 5.74) is 0.367. The van der Waals surface area contributed by atoms with E-state index in [0.29, 0.717) is 10.7 Å². The monoisotopic (exact) mass is 382 g/mol. The van der Waals surface area contributed by atoms with Crippen molar-refractivity contribution in [1.29, 1.82) is 0 Å². The van der Waals surface area contributed by atoms with E-state index in [2.05, 4.69) is 4.72 Å². The molecule has 0 saturated heterocycles. The number of benzene rings is 2. The van der Waals surface area contributed by atoms with Gasteiger partial charge in [-0.1, -0.05) is 11.6 Å². The van der Waals surface area contributed by atoms with Crippen molar-refractivity contribution in [1.82, 2.24) is 0 Å². The molecule has 0 bridgehead atoms. The number of rotatable bonds is 5. The Morgan fingerprint density at radius 3 is 2.40 bits per heavy atom. The average molecular weight is 383 g/mol. The molecule has 1 aliphatic carbocycles. The van der Waals surface area contributed by atoms with Crippen LogP contribution < -0.4 is 9.62 Å². The van der Waals surface area contributed by atoms with Crippen molar-refractivity contribution >= 4 is 38.9 Å². The van der Waals surface area contributed by atoms with Crippen LogP contribution in [0.3, 0.4) is 0 Å². The molecule has 1 aliphatic rings. The summed E-state index contributed by atoms with van der Waals surface area (Å²) in [4.78, 5) is 13.5. The molecule has 1 amide bonds. The second kappa shape index (κ2) is 6.65. The van der Waals surface area contributed by atoms with Crippen molar-refractivity contribution in [3.63, 3.8) is 0 Å². The van der Waals surface area contributed by atoms with Crippen LogP contribution >= 0.6 is 11.6 Å². The van der Waals surface area contributed by atoms with Crippen LogP contribution in [-0.2, 0) is 14.8 Å². The van der Waals surface area contributed by atoms with Gasteiger partial charge < -0.3 is 4.90 Å². The van der Waals surface area contributed by atoms with E-state index >= 15 is 0 Å². The molecule has 1 saturated carbocycles. The number of hydrogen-bond acceptors (Lipinski definition) is 3. The third kappa shape index (κ3) is 3.93. The van der Waals surface area contributed by atoms with E-state index in [1.807, 2.05) is 0 Å². The third-order valence-electron chi connectivity index (χ3n) is 3.84. The Balaban J connectivity index is 2.00. The van der Waals surface area contributed by atoms with E-state index in [0.717, 1.165) is 18.9 Å². The first kappa shape index (κ1) is 17.7. The van der Waals surface area contributed by atoms with E-state index in [-0.39, 0.29) is 22.5 Å². The van der Waals surface area contributed by atoms with Crippen LogP contribution in [0.1, 0.15) is 19.8 Å². The fourth-order valence-corrected chi connectivity index (χ4v) is 3.76. The lowest BCUT2D eigenvalue weighted by molar-refractivity contribution is -0.116. The molecular weight excluding hydrogens is 367 g/mol. The summed E-state index contributed by atoms with van der Waals surface area (Å²) >= 11 is 5.78. The van der Waals surface area contributed by atoms with Crippen LogP contribution in [0.25, 0.3) is 0 Å². The molecular formula is C17H16ClFN2O3S. The Bertz CT molecular complexity index is 912. The molecule has 132 valence electrons. The highest BCUT2D eigenvalue weighted by atomic mass is 35.5. The number of nitrogens with one attached hydrogen (secondary N) is 1. The molecule has 25 heavy (non-hydrogen) atoms. The van der Waals surface area contributed by atoms with Gasteiger partial charge in [-0.05, 0) is 49.2 Å². The van der Waals surface area contributed by atoms with Gasteiger partial charge in [0.25, 0.3) is 10.0 Å². The van der Waals surface area contributed by atoms with Crippen molar-refractivity contribution in [3.8, 4) is 0 Å². The molecule has 0 radical (unpaired) electrons. The first-order chi connectivity index (χ1) is 11.8. The number of hydrogen-bond donors (Lipinski definition) is 1. The van der Waals surface area contributed by atoms with Crippen LogP contribution in [0.15, 0.2) is 47.4 Å². The average Bonchev–Trinajstić information content (AvgIpc) is 3.34. The summed E-state index contributed by atoms with van der Waals surface area (Å²) in [5, 5.41) is 0.405. The zero-order valence-corrected chi connectivity index (χ0v) is 14.9. The quantitative estimate of drug-likeness (QED) is 0.855. The standard InChI is InChI=1S/C17H16ClFN2O3S/c1-11(22)21(14-5-6-14)17-9-4-13(19)10-16(17)20-25(23,24)15-7-2-12(18)3-8-15/h2-4,7-10,14,20H,5-6H2,1H3. The first-order valence-corrected chi connectivity index (χ1v) is 9.52. The zero-order valence-electron chi connectivity index (χ0n) is 13.4. The molecule has 0 heterocycles. The molecule has 1 N–H and O–H groups in total. The number of anilines is 2. The summed E-state index contributed by atoms with van der Waals surface area (Å²) < 4.78 is 41.2. The second-order valence-electron chi connectivity index (χ2n) is 5.84. The number of carbonyl (C=O) groups excluding carboxylic acids is 1. The third-order valence-corrected chi connectivity index (χ3v) is 5.47. The van der Waals surface area contributed by atoms with Gasteiger partial charge in [0, 0.05) is 24.1 Å². The lowest BCUT2D eigenvalue weighted by Gasteiger charge is -2.24. The highest BCUT2D eigenvalue weighted by Crippen LogP contribution is 2.37. The minimum absolute atomic E-state index is 0.00657. The highest BCUT2D eigenvalue weighted by Gasteiger charge is 2.34. The Morgan fingerprint density at radius 1 is 1.20 bits per heavy atom. The maximum atomic E-state index is 13.7. The van der Waals surface area contributed by atoms with Crippen LogP contribution in [0.2, 0.25) is 5.02 Å². The fourth-order valence-electron chi connectivity index (χ4n) is 2.57. The number of sulfonamides is 1. The van der Waals surface area contributed by atoms with Crippen molar-refractivity contribution in [2.75, 3.05) is 9.62 Å². The van der Waals surface area contributed by atoms with Gasteiger partial charge in [-0.25, -0.2) is 12.8 Å². The van der Waals surface area contributed by atoms with E-state index < -0.39 is 15.8 Å². The minimum Gasteiger partial charge on any atom is -0.308 e. The molecule has 8 heteroatoms. The predicted octanol–water partition coefficient (Wildman–Crippen LogP) is 3.80. The summed E-state index contributed by atoms with van der Waals surface area (Å²) in [6.45, 7) is 1.40. The first-order valence-electron chi connectivity index (χ1n) is 7.65. The van der Waals surface area contributed by atoms with Crippen molar-refractivity contribution in [2.24, 2.45) is 0 Å². The SMILES string of the molecule is CC(=O)N(c1ccc(F)cc1NS(=O)(=O)c1ccc(Cl)cc1)C1CC1. The van der Waals surface area contributed by atoms with Gasteiger partial charge in [-0.3, -0.25) is 9.52 Å². The molecule has 3 rings (SSSR count). The summed E-state index contributed by atoms with van der Waals surface area (Å²) in [5.74, 6) is -0.821. The molecule has 2 aromatic carbocycles. The van der Waals surface area contributed by atoms with Gasteiger partial charge >= 0.3 is 0 Å². The summed E-state index contributed by atoms with van der Waals surface area (Å²) in [7, 11) is -3.95. The number of amides is 1. The van der Waals surface area contributed by atoms with Crippen LogP contribution in [0.5, 0.6) is 0 Å². The topological polar surface area (TPSA) is 66.5 Å². The Labute approximate surface area is 150 Å². The van der Waals surface area contributed by atoms with E-state index in [9.17, 15) is 17.6 Å². The Hall–Kier alpha value is -2.12. The normalized spacial score (nSPS) is 14.2. The molecule has 0 atom stereocenters. The van der Waals surface area contributed by atoms with Gasteiger partial charge in [0.2, 0.25) is 5.91 Å². The molecule has 0 spiro atoms. The molecule has 2 aromatic rings. The molecule has 5 nitrogen and oxygen atoms in total. The van der Waals surface area contributed by atoms with E-state index in [1.165, 1.54) is 48.2 Å². The zero-order chi connectivity index (χ0) is 18.2. The van der Waals surface area contributed by atoms with Gasteiger partial charge in [-0.2, -0.15) is 0 Å². The van der Waals surface area contributed by atoms with Crippen LogP contribution in [0.4, 0.5) is 15.8 Å². The largest absolute Gasteiger partial charge is 0.308 e. The number of nitrogens with zero attached hydrogens (tertiary/aromatic N) is 1. The predicted molar refractivity (Wildman–Crippen MR) is 94.8 cm³/mol. The van der Waals surface area contributed by atoms with Crippen molar-refractivity contribution < 1.29 is 17.6 Å². The second-order valence-corrected chi connectivity index (χ2v) is 7.96. The molecule has 0 aliphatic heterocycles. The lowest BCUT2D eigenvalue weighted by atomic mass is 10.2. The minimum atomic E-state index is -3.95. The number of carbonyl (C=O) groups is 1. The van der Waals surface area contributed by atoms with Gasteiger partial charge in [0.1, 0.15) is 5.82 Å². The van der Waals surface area contributed by atoms with Crippen LogP contribution in [0, 0.1) is 5.82 Å².